The van der Waals surface area contributed by atoms with Crippen LogP contribution in [0.25, 0.3) is 0 Å². The molecule has 0 spiro atoms. The lowest BCUT2D eigenvalue weighted by atomic mass is 10.0. The normalized spacial score (nSPS) is 12.3. The number of ether oxygens (including phenoxy) is 2. The maximum atomic E-state index is 9.43. The molecule has 0 aromatic heterocycles. The van der Waals surface area contributed by atoms with Gasteiger partial charge in [-0.3, -0.25) is 0 Å². The average molecular weight is 210 g/mol. The van der Waals surface area contributed by atoms with E-state index >= 15 is 0 Å². The fourth-order valence-corrected chi connectivity index (χ4v) is 1.69. The average Bonchev–Trinajstić information content (AvgIpc) is 2.18. The molecule has 0 saturated carbocycles. The zero-order valence-electron chi connectivity index (χ0n) is 9.70. The topological polar surface area (TPSA) is 38.7 Å². The summed E-state index contributed by atoms with van der Waals surface area (Å²) >= 11 is 0. The van der Waals surface area contributed by atoms with Crippen molar-refractivity contribution in [2.24, 2.45) is 0 Å². The van der Waals surface area contributed by atoms with Crippen LogP contribution in [0.4, 0.5) is 0 Å². The Morgan fingerprint density at radius 3 is 2.40 bits per heavy atom. The van der Waals surface area contributed by atoms with Crippen LogP contribution in [0.3, 0.4) is 0 Å². The molecule has 0 radical (unpaired) electrons. The van der Waals surface area contributed by atoms with Gasteiger partial charge in [-0.1, -0.05) is 6.07 Å². The van der Waals surface area contributed by atoms with Crippen LogP contribution in [0, 0.1) is 6.92 Å². The van der Waals surface area contributed by atoms with Crippen molar-refractivity contribution in [1.82, 2.24) is 0 Å². The summed E-state index contributed by atoms with van der Waals surface area (Å²) in [4.78, 5) is 0. The molecule has 1 rings (SSSR count). The quantitative estimate of drug-likeness (QED) is 0.825. The minimum absolute atomic E-state index is 0.408. The number of benzene rings is 1. The second-order valence-corrected chi connectivity index (χ2v) is 3.65. The number of methoxy groups -OCH3 is 2. The molecular weight excluding hydrogens is 192 g/mol. The number of hydrogen-bond acceptors (Lipinski definition) is 3. The summed E-state index contributed by atoms with van der Waals surface area (Å²) in [6, 6.07) is 3.85. The Labute approximate surface area is 90.6 Å². The zero-order chi connectivity index (χ0) is 11.4. The van der Waals surface area contributed by atoms with E-state index in [0.717, 1.165) is 22.6 Å². The van der Waals surface area contributed by atoms with E-state index in [4.69, 9.17) is 9.47 Å². The Kier molecular flexibility index (Phi) is 3.97. The van der Waals surface area contributed by atoms with Crippen LogP contribution in [0.5, 0.6) is 11.5 Å². The molecule has 1 aromatic carbocycles. The fourth-order valence-electron chi connectivity index (χ4n) is 1.69. The van der Waals surface area contributed by atoms with Crippen molar-refractivity contribution in [1.29, 1.82) is 0 Å². The maximum Gasteiger partial charge on any atom is 0.128 e. The molecule has 0 saturated heterocycles. The van der Waals surface area contributed by atoms with E-state index in [1.54, 1.807) is 21.1 Å². The lowest BCUT2D eigenvalue weighted by Crippen LogP contribution is -2.08. The van der Waals surface area contributed by atoms with Gasteiger partial charge in [0.05, 0.1) is 20.3 Å². The van der Waals surface area contributed by atoms with Crippen molar-refractivity contribution >= 4 is 0 Å². The summed E-state index contributed by atoms with van der Waals surface area (Å²) in [5.74, 6) is 1.56. The molecule has 1 atom stereocenters. The van der Waals surface area contributed by atoms with Crippen LogP contribution in [-0.4, -0.2) is 25.4 Å². The number of rotatable bonds is 4. The second kappa shape index (κ2) is 5.03. The van der Waals surface area contributed by atoms with Crippen LogP contribution in [0.15, 0.2) is 12.1 Å². The summed E-state index contributed by atoms with van der Waals surface area (Å²) in [5, 5.41) is 9.43. The highest BCUT2D eigenvalue weighted by Crippen LogP contribution is 2.32. The van der Waals surface area contributed by atoms with Crippen LogP contribution in [0.2, 0.25) is 0 Å². The van der Waals surface area contributed by atoms with Gasteiger partial charge in [-0.15, -0.1) is 0 Å². The van der Waals surface area contributed by atoms with E-state index in [1.807, 2.05) is 19.1 Å². The maximum absolute atomic E-state index is 9.43. The zero-order valence-corrected chi connectivity index (χ0v) is 9.70. The third-order valence-corrected chi connectivity index (χ3v) is 2.34. The van der Waals surface area contributed by atoms with E-state index in [-0.39, 0.29) is 0 Å². The Morgan fingerprint density at radius 1 is 1.27 bits per heavy atom. The molecule has 3 nitrogen and oxygen atoms in total. The van der Waals surface area contributed by atoms with Gasteiger partial charge in [0.25, 0.3) is 0 Å². The minimum atomic E-state index is -0.408. The van der Waals surface area contributed by atoms with Crippen molar-refractivity contribution in [3.05, 3.63) is 23.3 Å². The first-order valence-corrected chi connectivity index (χ1v) is 4.98. The van der Waals surface area contributed by atoms with E-state index in [1.165, 1.54) is 0 Å². The van der Waals surface area contributed by atoms with Gasteiger partial charge in [0.2, 0.25) is 0 Å². The van der Waals surface area contributed by atoms with Gasteiger partial charge in [-0.25, -0.2) is 0 Å². The third kappa shape index (κ3) is 2.63. The van der Waals surface area contributed by atoms with Crippen LogP contribution in [0.1, 0.15) is 18.1 Å². The second-order valence-electron chi connectivity index (χ2n) is 3.65. The molecule has 3 heteroatoms. The van der Waals surface area contributed by atoms with E-state index in [9.17, 15) is 5.11 Å². The Balaban J connectivity index is 3.21. The highest BCUT2D eigenvalue weighted by molar-refractivity contribution is 5.49. The lowest BCUT2D eigenvalue weighted by Gasteiger charge is -2.16. The van der Waals surface area contributed by atoms with Crippen molar-refractivity contribution in [3.63, 3.8) is 0 Å². The summed E-state index contributed by atoms with van der Waals surface area (Å²) in [6.07, 6.45) is 0.128. The van der Waals surface area contributed by atoms with Gasteiger partial charge in [-0.05, 0) is 25.5 Å². The minimum Gasteiger partial charge on any atom is -0.496 e. The van der Waals surface area contributed by atoms with Crippen molar-refractivity contribution in [3.8, 4) is 11.5 Å². The molecule has 0 heterocycles. The summed E-state index contributed by atoms with van der Waals surface area (Å²) in [7, 11) is 3.25. The van der Waals surface area contributed by atoms with Crippen molar-refractivity contribution in [2.45, 2.75) is 26.4 Å². The Bertz CT molecular complexity index is 332. The van der Waals surface area contributed by atoms with Crippen LogP contribution < -0.4 is 9.47 Å². The molecule has 84 valence electrons. The smallest absolute Gasteiger partial charge is 0.128 e. The first-order valence-electron chi connectivity index (χ1n) is 4.98. The molecule has 0 bridgehead atoms. The van der Waals surface area contributed by atoms with E-state index < -0.39 is 6.10 Å². The molecule has 1 aromatic rings. The molecule has 0 aliphatic rings. The standard InChI is InChI=1S/C12H18O3/c1-8-5-6-11(14-3)10(7-9(2)13)12(8)15-4/h5-6,9,13H,7H2,1-4H3. The highest BCUT2D eigenvalue weighted by atomic mass is 16.5. The largest absolute Gasteiger partial charge is 0.496 e. The van der Waals surface area contributed by atoms with E-state index in [2.05, 4.69) is 0 Å². The van der Waals surface area contributed by atoms with E-state index in [0.29, 0.717) is 6.42 Å². The number of aryl methyl sites for hydroxylation is 1. The molecule has 0 aliphatic carbocycles. The molecule has 0 fully saturated rings. The van der Waals surface area contributed by atoms with Gasteiger partial charge in [0, 0.05) is 12.0 Å². The van der Waals surface area contributed by atoms with Crippen molar-refractivity contribution < 1.29 is 14.6 Å². The van der Waals surface area contributed by atoms with Gasteiger partial charge >= 0.3 is 0 Å². The predicted octanol–water partition coefficient (Wildman–Crippen LogP) is 1.94. The molecule has 0 aliphatic heterocycles. The van der Waals surface area contributed by atoms with Gasteiger partial charge in [0.15, 0.2) is 0 Å². The fraction of sp³-hybridized carbons (Fsp3) is 0.500. The van der Waals surface area contributed by atoms with Gasteiger partial charge in [0.1, 0.15) is 11.5 Å². The summed E-state index contributed by atoms with van der Waals surface area (Å²) < 4.78 is 10.6. The third-order valence-electron chi connectivity index (χ3n) is 2.34. The number of hydrogen-bond donors (Lipinski definition) is 1. The molecule has 15 heavy (non-hydrogen) atoms. The first kappa shape index (κ1) is 11.9. The molecular formula is C12H18O3. The Hall–Kier alpha value is -1.22. The first-order chi connectivity index (χ1) is 7.10. The molecule has 0 amide bonds. The number of aliphatic hydroxyl groups excluding tert-OH is 1. The highest BCUT2D eigenvalue weighted by Gasteiger charge is 2.14. The van der Waals surface area contributed by atoms with Gasteiger partial charge in [-0.2, -0.15) is 0 Å². The van der Waals surface area contributed by atoms with Crippen molar-refractivity contribution in [2.75, 3.05) is 14.2 Å². The molecule has 1 unspecified atom stereocenters. The summed E-state index contributed by atoms with van der Waals surface area (Å²) in [6.45, 7) is 3.73. The number of aliphatic hydroxyl groups is 1. The van der Waals surface area contributed by atoms with Crippen LogP contribution in [-0.2, 0) is 6.42 Å². The summed E-state index contributed by atoms with van der Waals surface area (Å²) in [5.41, 5.74) is 1.98. The molecule has 1 N–H and O–H groups in total. The SMILES string of the molecule is COc1ccc(C)c(OC)c1CC(C)O. The van der Waals surface area contributed by atoms with Crippen LogP contribution >= 0.6 is 0 Å². The monoisotopic (exact) mass is 210 g/mol. The van der Waals surface area contributed by atoms with Gasteiger partial charge < -0.3 is 14.6 Å². The predicted molar refractivity (Wildman–Crippen MR) is 59.7 cm³/mol. The lowest BCUT2D eigenvalue weighted by molar-refractivity contribution is 0.192. The Morgan fingerprint density at radius 2 is 1.93 bits per heavy atom.